The lowest BCUT2D eigenvalue weighted by molar-refractivity contribution is -0.188. The molecule has 2 amide bonds. The van der Waals surface area contributed by atoms with Crippen LogP contribution in [0.1, 0.15) is 11.6 Å². The summed E-state index contributed by atoms with van der Waals surface area (Å²) in [6.45, 7) is -0.122. The quantitative estimate of drug-likeness (QED) is 0.379. The fraction of sp³-hybridized carbons (Fsp3) is 0.312. The van der Waals surface area contributed by atoms with Crippen molar-refractivity contribution in [1.29, 1.82) is 0 Å². The molecule has 0 bridgehead atoms. The van der Waals surface area contributed by atoms with E-state index in [9.17, 15) is 19.5 Å². The fourth-order valence-electron chi connectivity index (χ4n) is 2.84. The molecule has 1 fully saturated rings. The van der Waals surface area contributed by atoms with Crippen molar-refractivity contribution in [3.8, 4) is 0 Å². The molecule has 3 atom stereocenters. The molecule has 2 aliphatic rings. The number of nitrogens with zero attached hydrogens (tertiary/aromatic N) is 1. The average molecular weight is 362 g/mol. The van der Waals surface area contributed by atoms with Gasteiger partial charge in [0.2, 0.25) is 5.91 Å². The number of methoxy groups -OCH3 is 1. The van der Waals surface area contributed by atoms with Crippen LogP contribution in [0.4, 0.5) is 5.69 Å². The summed E-state index contributed by atoms with van der Waals surface area (Å²) < 4.78 is 10.4. The van der Waals surface area contributed by atoms with Gasteiger partial charge in [0, 0.05) is 5.69 Å². The Labute approximate surface area is 148 Å². The molecule has 1 aromatic rings. The first kappa shape index (κ1) is 17.7. The minimum atomic E-state index is -1.31. The van der Waals surface area contributed by atoms with Gasteiger partial charge in [-0.05, 0) is 17.7 Å². The summed E-state index contributed by atoms with van der Waals surface area (Å²) in [7, 11) is 1.29. The predicted molar refractivity (Wildman–Crippen MR) is 88.0 cm³/mol. The number of rotatable bonds is 5. The summed E-state index contributed by atoms with van der Waals surface area (Å²) in [5, 5.41) is 11.8. The number of carboxylic acid groups (broad SMARTS) is 1. The Morgan fingerprint density at radius 2 is 2.04 bits per heavy atom. The van der Waals surface area contributed by atoms with E-state index in [1.54, 1.807) is 24.3 Å². The summed E-state index contributed by atoms with van der Waals surface area (Å²) >= 11 is 0. The van der Waals surface area contributed by atoms with Gasteiger partial charge in [0.1, 0.15) is 12.6 Å². The number of fused-ring (bicyclic) bond motifs is 1. The van der Waals surface area contributed by atoms with Crippen molar-refractivity contribution in [2.75, 3.05) is 19.5 Å². The van der Waals surface area contributed by atoms with Gasteiger partial charge < -0.3 is 31.4 Å². The lowest BCUT2D eigenvalue weighted by Gasteiger charge is -2.48. The SMILES string of the molecule is COC1=C(C(=O)O)N2C(=O)[C@@H](NC(=O)[C@H](N)c3ccc(N)cc3)[C@H]2OC1. The molecule has 0 radical (unpaired) electrons. The van der Waals surface area contributed by atoms with Crippen LogP contribution in [0.2, 0.25) is 0 Å². The Balaban J connectivity index is 1.72. The van der Waals surface area contributed by atoms with Crippen molar-refractivity contribution in [3.05, 3.63) is 41.3 Å². The van der Waals surface area contributed by atoms with Gasteiger partial charge in [0.15, 0.2) is 23.7 Å². The maximum atomic E-state index is 12.3. The van der Waals surface area contributed by atoms with Crippen molar-refractivity contribution in [2.45, 2.75) is 18.3 Å². The third-order valence-electron chi connectivity index (χ3n) is 4.26. The zero-order chi connectivity index (χ0) is 19.0. The number of carbonyl (C=O) groups is 3. The number of nitrogen functional groups attached to an aromatic ring is 1. The molecule has 0 unspecified atom stereocenters. The first-order chi connectivity index (χ1) is 12.3. The predicted octanol–water partition coefficient (Wildman–Crippen LogP) is -1.11. The van der Waals surface area contributed by atoms with E-state index >= 15 is 0 Å². The summed E-state index contributed by atoms with van der Waals surface area (Å²) in [5.41, 5.74) is 12.3. The van der Waals surface area contributed by atoms with Crippen LogP contribution in [0.3, 0.4) is 0 Å². The Bertz CT molecular complexity index is 790. The van der Waals surface area contributed by atoms with Crippen LogP contribution < -0.4 is 16.8 Å². The highest BCUT2D eigenvalue weighted by atomic mass is 16.5. The number of carbonyl (C=O) groups excluding carboxylic acids is 2. The maximum absolute atomic E-state index is 12.3. The van der Waals surface area contributed by atoms with Gasteiger partial charge >= 0.3 is 5.97 Å². The number of ether oxygens (including phenoxy) is 2. The van der Waals surface area contributed by atoms with E-state index in [4.69, 9.17) is 20.9 Å². The molecule has 1 saturated heterocycles. The second kappa shape index (κ2) is 6.65. The van der Waals surface area contributed by atoms with Crippen LogP contribution in [0.25, 0.3) is 0 Å². The molecule has 0 aliphatic carbocycles. The minimum Gasteiger partial charge on any atom is -0.496 e. The van der Waals surface area contributed by atoms with Gasteiger partial charge in [-0.3, -0.25) is 14.5 Å². The molecule has 26 heavy (non-hydrogen) atoms. The topological polar surface area (TPSA) is 157 Å². The van der Waals surface area contributed by atoms with Crippen molar-refractivity contribution >= 4 is 23.5 Å². The molecule has 0 spiro atoms. The van der Waals surface area contributed by atoms with Gasteiger partial charge in [-0.25, -0.2) is 4.79 Å². The van der Waals surface area contributed by atoms with Crippen LogP contribution in [-0.4, -0.2) is 53.8 Å². The molecule has 0 aromatic heterocycles. The number of carboxylic acids is 1. The molecule has 10 heteroatoms. The van der Waals surface area contributed by atoms with Gasteiger partial charge in [0.25, 0.3) is 5.91 Å². The average Bonchev–Trinajstić information content (AvgIpc) is 2.64. The van der Waals surface area contributed by atoms with Crippen LogP contribution >= 0.6 is 0 Å². The summed E-state index contributed by atoms with van der Waals surface area (Å²) in [6, 6.07) is 4.42. The van der Waals surface area contributed by atoms with Crippen LogP contribution in [-0.2, 0) is 23.9 Å². The molecule has 0 saturated carbocycles. The zero-order valence-corrected chi connectivity index (χ0v) is 13.8. The molecule has 2 heterocycles. The van der Waals surface area contributed by atoms with Crippen molar-refractivity contribution in [2.24, 2.45) is 5.73 Å². The number of anilines is 1. The minimum absolute atomic E-state index is 0.0328. The van der Waals surface area contributed by atoms with E-state index in [1.165, 1.54) is 7.11 Å². The number of nitrogens with one attached hydrogen (secondary N) is 1. The summed E-state index contributed by atoms with van der Waals surface area (Å²) in [4.78, 5) is 37.0. The summed E-state index contributed by atoms with van der Waals surface area (Å²) in [5.74, 6) is -2.48. The molecule has 3 rings (SSSR count). The normalized spacial score (nSPS) is 23.0. The Hall–Kier alpha value is -3.11. The van der Waals surface area contributed by atoms with Crippen LogP contribution in [0, 0.1) is 0 Å². The maximum Gasteiger partial charge on any atom is 0.356 e. The van der Waals surface area contributed by atoms with Gasteiger partial charge in [-0.15, -0.1) is 0 Å². The van der Waals surface area contributed by atoms with Crippen molar-refractivity contribution < 1.29 is 29.0 Å². The standard InChI is InChI=1S/C16H18N4O6/c1-25-9-6-26-15-11(14(22)20(15)12(9)16(23)24)19-13(21)10(18)7-2-4-8(17)5-3-7/h2-5,10-11,15H,6,17-18H2,1H3,(H,19,21)(H,23,24)/t10-,11-,15-/m1/s1. The number of benzene rings is 1. The number of aliphatic carboxylic acids is 1. The van der Waals surface area contributed by atoms with E-state index in [0.29, 0.717) is 11.3 Å². The molecule has 2 aliphatic heterocycles. The molecule has 10 nitrogen and oxygen atoms in total. The van der Waals surface area contributed by atoms with E-state index < -0.39 is 36.1 Å². The highest BCUT2D eigenvalue weighted by molar-refractivity contribution is 6.01. The van der Waals surface area contributed by atoms with E-state index in [0.717, 1.165) is 4.90 Å². The largest absolute Gasteiger partial charge is 0.496 e. The Morgan fingerprint density at radius 3 is 2.62 bits per heavy atom. The third kappa shape index (κ3) is 2.85. The molecule has 1 aromatic carbocycles. The number of hydrogen-bond donors (Lipinski definition) is 4. The first-order valence-electron chi connectivity index (χ1n) is 7.71. The number of amides is 2. The highest BCUT2D eigenvalue weighted by Crippen LogP contribution is 2.33. The smallest absolute Gasteiger partial charge is 0.356 e. The van der Waals surface area contributed by atoms with Gasteiger partial charge in [-0.2, -0.15) is 0 Å². The summed E-state index contributed by atoms with van der Waals surface area (Å²) in [6.07, 6.45) is -0.921. The molecule has 6 N–H and O–H groups in total. The Kier molecular flexibility index (Phi) is 4.53. The molecular weight excluding hydrogens is 344 g/mol. The lowest BCUT2D eigenvalue weighted by atomic mass is 9.99. The second-order valence-electron chi connectivity index (χ2n) is 5.82. The fourth-order valence-corrected chi connectivity index (χ4v) is 2.84. The lowest BCUT2D eigenvalue weighted by Crippen LogP contribution is -2.73. The number of β-lactam (4-membered cyclic amide) rings is 1. The monoisotopic (exact) mass is 362 g/mol. The van der Waals surface area contributed by atoms with E-state index in [2.05, 4.69) is 5.32 Å². The molecule has 138 valence electrons. The zero-order valence-electron chi connectivity index (χ0n) is 13.8. The van der Waals surface area contributed by atoms with Crippen molar-refractivity contribution in [1.82, 2.24) is 10.2 Å². The number of nitrogens with two attached hydrogens (primary N) is 2. The van der Waals surface area contributed by atoms with Crippen molar-refractivity contribution in [3.63, 3.8) is 0 Å². The van der Waals surface area contributed by atoms with Gasteiger partial charge in [0.05, 0.1) is 7.11 Å². The van der Waals surface area contributed by atoms with E-state index in [-0.39, 0.29) is 18.1 Å². The van der Waals surface area contributed by atoms with E-state index in [1.807, 2.05) is 0 Å². The van der Waals surface area contributed by atoms with Crippen LogP contribution in [0.5, 0.6) is 0 Å². The molecular formula is C16H18N4O6. The van der Waals surface area contributed by atoms with Gasteiger partial charge in [-0.1, -0.05) is 12.1 Å². The number of hydrogen-bond acceptors (Lipinski definition) is 7. The highest BCUT2D eigenvalue weighted by Gasteiger charge is 2.55. The Morgan fingerprint density at radius 1 is 1.38 bits per heavy atom. The first-order valence-corrected chi connectivity index (χ1v) is 7.71. The van der Waals surface area contributed by atoms with Crippen LogP contribution in [0.15, 0.2) is 35.7 Å². The third-order valence-corrected chi connectivity index (χ3v) is 4.26. The second-order valence-corrected chi connectivity index (χ2v) is 5.82.